The van der Waals surface area contributed by atoms with Crippen LogP contribution in [-0.2, 0) is 9.84 Å². The molecule has 18 heavy (non-hydrogen) atoms. The molecular formula is C13H26N2O2S. The second-order valence-electron chi connectivity index (χ2n) is 6.04. The van der Waals surface area contributed by atoms with Gasteiger partial charge >= 0.3 is 0 Å². The molecule has 0 radical (unpaired) electrons. The molecule has 1 atom stereocenters. The molecule has 0 aromatic rings. The minimum atomic E-state index is -2.79. The van der Waals surface area contributed by atoms with Crippen molar-refractivity contribution in [3.8, 4) is 0 Å². The maximum atomic E-state index is 11.6. The molecule has 5 heteroatoms. The van der Waals surface area contributed by atoms with E-state index in [4.69, 9.17) is 0 Å². The molecule has 2 heterocycles. The second kappa shape index (κ2) is 5.47. The fraction of sp³-hybridized carbons (Fsp3) is 1.00. The van der Waals surface area contributed by atoms with Crippen molar-refractivity contribution in [3.63, 3.8) is 0 Å². The molecule has 1 unspecified atom stereocenters. The third-order valence-electron chi connectivity index (χ3n) is 4.76. The summed E-state index contributed by atoms with van der Waals surface area (Å²) in [6.45, 7) is 8.33. The van der Waals surface area contributed by atoms with E-state index in [0.29, 0.717) is 16.9 Å². The Labute approximate surface area is 111 Å². The SMILES string of the molecule is CCC1(CN2CCS(=O)(=O)CC2C)CCNCC1. The van der Waals surface area contributed by atoms with E-state index in [1.807, 2.05) is 0 Å². The molecule has 1 N–H and O–H groups in total. The van der Waals surface area contributed by atoms with Crippen LogP contribution in [0.3, 0.4) is 0 Å². The first-order valence-electron chi connectivity index (χ1n) is 7.12. The van der Waals surface area contributed by atoms with Gasteiger partial charge in [0, 0.05) is 19.1 Å². The molecule has 4 nitrogen and oxygen atoms in total. The second-order valence-corrected chi connectivity index (χ2v) is 8.27. The highest BCUT2D eigenvalue weighted by Gasteiger charge is 2.36. The quantitative estimate of drug-likeness (QED) is 0.830. The van der Waals surface area contributed by atoms with Crippen molar-refractivity contribution in [1.29, 1.82) is 0 Å². The average molecular weight is 274 g/mol. The van der Waals surface area contributed by atoms with Crippen LogP contribution in [0.2, 0.25) is 0 Å². The van der Waals surface area contributed by atoms with Gasteiger partial charge in [-0.15, -0.1) is 0 Å². The van der Waals surface area contributed by atoms with Gasteiger partial charge in [0.2, 0.25) is 0 Å². The molecule has 0 aromatic heterocycles. The van der Waals surface area contributed by atoms with Crippen molar-refractivity contribution in [2.75, 3.05) is 37.7 Å². The number of hydrogen-bond acceptors (Lipinski definition) is 4. The van der Waals surface area contributed by atoms with Gasteiger partial charge in [-0.2, -0.15) is 0 Å². The monoisotopic (exact) mass is 274 g/mol. The molecule has 2 aliphatic heterocycles. The van der Waals surface area contributed by atoms with Crippen molar-refractivity contribution in [2.24, 2.45) is 5.41 Å². The summed E-state index contributed by atoms with van der Waals surface area (Å²) in [4.78, 5) is 2.40. The fourth-order valence-electron chi connectivity index (χ4n) is 3.28. The van der Waals surface area contributed by atoms with Crippen LogP contribution in [0.1, 0.15) is 33.1 Å². The number of rotatable bonds is 3. The molecule has 0 spiro atoms. The highest BCUT2D eigenvalue weighted by atomic mass is 32.2. The Morgan fingerprint density at radius 2 is 2.00 bits per heavy atom. The predicted octanol–water partition coefficient (Wildman–Crippen LogP) is 0.885. The Morgan fingerprint density at radius 1 is 1.33 bits per heavy atom. The first-order chi connectivity index (χ1) is 8.46. The Morgan fingerprint density at radius 3 is 2.56 bits per heavy atom. The lowest BCUT2D eigenvalue weighted by atomic mass is 9.76. The molecule has 0 aromatic carbocycles. The molecular weight excluding hydrogens is 248 g/mol. The maximum Gasteiger partial charge on any atom is 0.153 e. The summed E-state index contributed by atoms with van der Waals surface area (Å²) in [5, 5.41) is 3.42. The van der Waals surface area contributed by atoms with Gasteiger partial charge < -0.3 is 5.32 Å². The van der Waals surface area contributed by atoms with Gasteiger partial charge in [0.1, 0.15) is 0 Å². The molecule has 0 bridgehead atoms. The average Bonchev–Trinajstić information content (AvgIpc) is 2.34. The zero-order valence-electron chi connectivity index (χ0n) is 11.6. The third-order valence-corrected chi connectivity index (χ3v) is 6.56. The Bertz CT molecular complexity index is 374. The van der Waals surface area contributed by atoms with Gasteiger partial charge in [-0.1, -0.05) is 6.92 Å². The summed E-state index contributed by atoms with van der Waals surface area (Å²) in [5.74, 6) is 0.681. The van der Waals surface area contributed by atoms with E-state index >= 15 is 0 Å². The minimum Gasteiger partial charge on any atom is -0.317 e. The zero-order valence-corrected chi connectivity index (χ0v) is 12.4. The van der Waals surface area contributed by atoms with Crippen LogP contribution in [0, 0.1) is 5.41 Å². The van der Waals surface area contributed by atoms with Crippen LogP contribution in [0.15, 0.2) is 0 Å². The van der Waals surface area contributed by atoms with Gasteiger partial charge in [0.05, 0.1) is 11.5 Å². The molecule has 0 aliphatic carbocycles. The molecule has 2 rings (SSSR count). The first-order valence-corrected chi connectivity index (χ1v) is 8.94. The number of piperidine rings is 1. The lowest BCUT2D eigenvalue weighted by Gasteiger charge is -2.44. The summed E-state index contributed by atoms with van der Waals surface area (Å²) in [5.41, 5.74) is 0.403. The van der Waals surface area contributed by atoms with Crippen molar-refractivity contribution in [1.82, 2.24) is 10.2 Å². The van der Waals surface area contributed by atoms with Crippen LogP contribution in [0.5, 0.6) is 0 Å². The van der Waals surface area contributed by atoms with Crippen LogP contribution >= 0.6 is 0 Å². The van der Waals surface area contributed by atoms with E-state index in [1.54, 1.807) is 0 Å². The van der Waals surface area contributed by atoms with Gasteiger partial charge in [0.15, 0.2) is 9.84 Å². The molecule has 2 fully saturated rings. The van der Waals surface area contributed by atoms with Gasteiger partial charge in [-0.05, 0) is 44.7 Å². The standard InChI is InChI=1S/C13H26N2O2S/c1-3-13(4-6-14-7-5-13)11-15-8-9-18(16,17)10-12(15)2/h12,14H,3-11H2,1-2H3. The summed E-state index contributed by atoms with van der Waals surface area (Å²) in [6, 6.07) is 0.182. The normalized spacial score (nSPS) is 32.2. The van der Waals surface area contributed by atoms with E-state index in [2.05, 4.69) is 24.1 Å². The Balaban J connectivity index is 2.00. The van der Waals surface area contributed by atoms with Gasteiger partial charge in [-0.25, -0.2) is 8.42 Å². The molecule has 0 saturated carbocycles. The van der Waals surface area contributed by atoms with Crippen LogP contribution in [-0.4, -0.2) is 57.0 Å². The molecule has 106 valence electrons. The van der Waals surface area contributed by atoms with Gasteiger partial charge in [-0.3, -0.25) is 4.90 Å². The number of nitrogens with zero attached hydrogens (tertiary/aromatic N) is 1. The minimum absolute atomic E-state index is 0.182. The van der Waals surface area contributed by atoms with Crippen molar-refractivity contribution >= 4 is 9.84 Å². The highest BCUT2D eigenvalue weighted by Crippen LogP contribution is 2.34. The topological polar surface area (TPSA) is 49.4 Å². The largest absolute Gasteiger partial charge is 0.317 e. The molecule has 2 aliphatic rings. The van der Waals surface area contributed by atoms with Crippen molar-refractivity contribution < 1.29 is 8.42 Å². The van der Waals surface area contributed by atoms with E-state index in [-0.39, 0.29) is 6.04 Å². The predicted molar refractivity (Wildman–Crippen MR) is 74.5 cm³/mol. The smallest absolute Gasteiger partial charge is 0.153 e. The summed E-state index contributed by atoms with van der Waals surface area (Å²) in [6.07, 6.45) is 3.64. The van der Waals surface area contributed by atoms with E-state index < -0.39 is 9.84 Å². The van der Waals surface area contributed by atoms with Crippen molar-refractivity contribution in [2.45, 2.75) is 39.2 Å². The van der Waals surface area contributed by atoms with Crippen molar-refractivity contribution in [3.05, 3.63) is 0 Å². The maximum absolute atomic E-state index is 11.6. The van der Waals surface area contributed by atoms with Crippen LogP contribution in [0.4, 0.5) is 0 Å². The van der Waals surface area contributed by atoms with E-state index in [0.717, 1.165) is 26.2 Å². The van der Waals surface area contributed by atoms with Crippen LogP contribution < -0.4 is 5.32 Å². The molecule has 0 amide bonds. The first kappa shape index (κ1) is 14.3. The lowest BCUT2D eigenvalue weighted by molar-refractivity contribution is 0.0889. The summed E-state index contributed by atoms with van der Waals surface area (Å²) in [7, 11) is -2.79. The third kappa shape index (κ3) is 3.25. The Hall–Kier alpha value is -0.130. The Kier molecular flexibility index (Phi) is 4.34. The zero-order chi connectivity index (χ0) is 13.2. The van der Waals surface area contributed by atoms with Gasteiger partial charge in [0.25, 0.3) is 0 Å². The number of nitrogens with one attached hydrogen (secondary N) is 1. The number of sulfone groups is 1. The summed E-state index contributed by atoms with van der Waals surface area (Å²) < 4.78 is 23.2. The summed E-state index contributed by atoms with van der Waals surface area (Å²) >= 11 is 0. The van der Waals surface area contributed by atoms with E-state index in [9.17, 15) is 8.42 Å². The lowest BCUT2D eigenvalue weighted by Crippen LogP contribution is -2.52. The molecule has 2 saturated heterocycles. The highest BCUT2D eigenvalue weighted by molar-refractivity contribution is 7.91. The van der Waals surface area contributed by atoms with E-state index in [1.165, 1.54) is 19.3 Å². The number of hydrogen-bond donors (Lipinski definition) is 1. The fourth-order valence-corrected chi connectivity index (χ4v) is 4.90. The van der Waals surface area contributed by atoms with Crippen LogP contribution in [0.25, 0.3) is 0 Å².